The average Bonchev–Trinajstić information content (AvgIpc) is 2.40. The summed E-state index contributed by atoms with van der Waals surface area (Å²) in [4.78, 5) is 0. The van der Waals surface area contributed by atoms with E-state index in [1.165, 1.54) is 0 Å². The van der Waals surface area contributed by atoms with Crippen LogP contribution in [0.25, 0.3) is 0 Å². The number of hydrogen-bond acceptors (Lipinski definition) is 3. The Labute approximate surface area is 138 Å². The van der Waals surface area contributed by atoms with Gasteiger partial charge in [0.15, 0.2) is 0 Å². The lowest BCUT2D eigenvalue weighted by atomic mass is 9.91. The van der Waals surface area contributed by atoms with Crippen LogP contribution < -0.4 is 4.74 Å². The van der Waals surface area contributed by atoms with Crippen molar-refractivity contribution >= 4 is 46.4 Å². The van der Waals surface area contributed by atoms with Crippen molar-refractivity contribution < 1.29 is 14.2 Å². The van der Waals surface area contributed by atoms with E-state index in [2.05, 4.69) is 0 Å². The van der Waals surface area contributed by atoms with Crippen LogP contribution in [-0.4, -0.2) is 37.9 Å². The van der Waals surface area contributed by atoms with E-state index in [0.717, 1.165) is 0 Å². The maximum Gasteiger partial charge on any atom is 0.140 e. The molecule has 0 bridgehead atoms. The summed E-state index contributed by atoms with van der Waals surface area (Å²) in [6.45, 7) is 0.986. The quantitative estimate of drug-likeness (QED) is 0.427. The van der Waals surface area contributed by atoms with Gasteiger partial charge in [0.1, 0.15) is 18.0 Å². The smallest absolute Gasteiger partial charge is 0.140 e. The lowest BCUT2D eigenvalue weighted by Crippen LogP contribution is -2.53. The predicted molar refractivity (Wildman–Crippen MR) is 81.8 cm³/mol. The first-order valence-corrected chi connectivity index (χ1v) is 7.65. The van der Waals surface area contributed by atoms with Crippen molar-refractivity contribution in [3.05, 3.63) is 27.2 Å². The zero-order valence-electron chi connectivity index (χ0n) is 10.7. The highest BCUT2D eigenvalue weighted by Gasteiger charge is 2.43. The Balaban J connectivity index is 1.97. The summed E-state index contributed by atoms with van der Waals surface area (Å²) >= 11 is 24.0. The van der Waals surface area contributed by atoms with Crippen molar-refractivity contribution in [2.45, 2.75) is 24.0 Å². The van der Waals surface area contributed by atoms with E-state index in [9.17, 15) is 0 Å². The summed E-state index contributed by atoms with van der Waals surface area (Å²) < 4.78 is 16.4. The monoisotopic (exact) mass is 358 g/mol. The molecule has 7 heteroatoms. The first kappa shape index (κ1) is 16.5. The Kier molecular flexibility index (Phi) is 6.09. The van der Waals surface area contributed by atoms with Gasteiger partial charge in [0.2, 0.25) is 0 Å². The van der Waals surface area contributed by atoms with Gasteiger partial charge in [0.25, 0.3) is 0 Å². The first-order chi connectivity index (χ1) is 9.52. The summed E-state index contributed by atoms with van der Waals surface area (Å²) in [5, 5.41) is 1.12. The van der Waals surface area contributed by atoms with Gasteiger partial charge in [-0.1, -0.05) is 34.8 Å². The number of halogens is 4. The van der Waals surface area contributed by atoms with E-state index in [0.29, 0.717) is 40.5 Å². The highest BCUT2D eigenvalue weighted by molar-refractivity contribution is 6.43. The van der Waals surface area contributed by atoms with Crippen LogP contribution in [0, 0.1) is 0 Å². The normalized spacial score (nSPS) is 25.4. The van der Waals surface area contributed by atoms with Crippen molar-refractivity contribution in [1.82, 2.24) is 0 Å². The minimum absolute atomic E-state index is 0.0709. The van der Waals surface area contributed by atoms with E-state index in [1.54, 1.807) is 19.2 Å². The molecule has 1 saturated carbocycles. The molecule has 3 unspecified atom stereocenters. The number of rotatable bonds is 6. The third kappa shape index (κ3) is 3.85. The summed E-state index contributed by atoms with van der Waals surface area (Å²) in [5.74, 6) is 0.481. The first-order valence-electron chi connectivity index (χ1n) is 6.08. The highest BCUT2D eigenvalue weighted by Crippen LogP contribution is 2.38. The summed E-state index contributed by atoms with van der Waals surface area (Å²) in [7, 11) is 1.62. The molecule has 0 saturated heterocycles. The van der Waals surface area contributed by atoms with Gasteiger partial charge in [-0.2, -0.15) is 0 Å². The van der Waals surface area contributed by atoms with Crippen LogP contribution in [0.3, 0.4) is 0 Å². The fourth-order valence-electron chi connectivity index (χ4n) is 1.88. The summed E-state index contributed by atoms with van der Waals surface area (Å²) in [6, 6.07) is 3.15. The van der Waals surface area contributed by atoms with Crippen molar-refractivity contribution in [2.75, 3.05) is 20.3 Å². The Morgan fingerprint density at radius 3 is 2.45 bits per heavy atom. The van der Waals surface area contributed by atoms with Gasteiger partial charge in [-0.3, -0.25) is 0 Å². The van der Waals surface area contributed by atoms with Crippen LogP contribution in [0.15, 0.2) is 12.1 Å². The average molecular weight is 360 g/mol. The number of benzene rings is 1. The minimum Gasteiger partial charge on any atom is -0.486 e. The van der Waals surface area contributed by atoms with E-state index in [4.69, 9.17) is 60.6 Å². The molecule has 0 N–H and O–H groups in total. The maximum absolute atomic E-state index is 6.13. The SMILES string of the molecule is COCCOC1C(Cl)CC1Oc1cc(Cl)c(Cl)cc1Cl. The van der Waals surface area contributed by atoms with Gasteiger partial charge < -0.3 is 14.2 Å². The molecule has 0 amide bonds. The molecule has 0 aliphatic heterocycles. The second kappa shape index (κ2) is 7.39. The van der Waals surface area contributed by atoms with E-state index in [-0.39, 0.29) is 17.6 Å². The standard InChI is InChI=1S/C13H14Cl4O3/c1-18-2-3-19-13-10(17)6-12(13)20-11-5-8(15)7(14)4-9(11)16/h4-5,10,12-13H,2-3,6H2,1H3. The van der Waals surface area contributed by atoms with Crippen LogP contribution in [0.5, 0.6) is 5.75 Å². The molecule has 1 aromatic carbocycles. The zero-order valence-corrected chi connectivity index (χ0v) is 13.8. The molecule has 1 aliphatic carbocycles. The van der Waals surface area contributed by atoms with Gasteiger partial charge in [0, 0.05) is 19.6 Å². The third-order valence-corrected chi connectivity index (χ3v) is 4.48. The zero-order chi connectivity index (χ0) is 14.7. The largest absolute Gasteiger partial charge is 0.486 e. The minimum atomic E-state index is -0.183. The number of hydrogen-bond donors (Lipinski definition) is 0. The Morgan fingerprint density at radius 1 is 1.10 bits per heavy atom. The van der Waals surface area contributed by atoms with Crippen molar-refractivity contribution in [2.24, 2.45) is 0 Å². The topological polar surface area (TPSA) is 27.7 Å². The molecule has 1 aliphatic rings. The number of alkyl halides is 1. The van der Waals surface area contributed by atoms with Crippen molar-refractivity contribution in [3.63, 3.8) is 0 Å². The van der Waals surface area contributed by atoms with Crippen molar-refractivity contribution in [1.29, 1.82) is 0 Å². The summed E-state index contributed by atoms with van der Waals surface area (Å²) in [6.07, 6.45) is 0.358. The molecule has 112 valence electrons. The van der Waals surface area contributed by atoms with E-state index in [1.807, 2.05) is 0 Å². The van der Waals surface area contributed by atoms with E-state index < -0.39 is 0 Å². The predicted octanol–water partition coefficient (Wildman–Crippen LogP) is 4.44. The highest BCUT2D eigenvalue weighted by atomic mass is 35.5. The Hall–Kier alpha value is 0.1000. The lowest BCUT2D eigenvalue weighted by molar-refractivity contribution is -0.0898. The van der Waals surface area contributed by atoms with Crippen LogP contribution in [-0.2, 0) is 9.47 Å². The molecule has 0 spiro atoms. The lowest BCUT2D eigenvalue weighted by Gasteiger charge is -2.40. The second-order valence-corrected chi connectivity index (χ2v) is 6.22. The third-order valence-electron chi connectivity index (χ3n) is 3.03. The molecule has 1 fully saturated rings. The molecular weight excluding hydrogens is 346 g/mol. The van der Waals surface area contributed by atoms with Gasteiger partial charge in [-0.05, 0) is 6.07 Å². The number of methoxy groups -OCH3 is 1. The molecule has 3 atom stereocenters. The maximum atomic E-state index is 6.13. The molecule has 0 heterocycles. The van der Waals surface area contributed by atoms with Crippen LogP contribution in [0.1, 0.15) is 6.42 Å². The van der Waals surface area contributed by atoms with Crippen LogP contribution in [0.2, 0.25) is 15.1 Å². The van der Waals surface area contributed by atoms with Gasteiger partial charge >= 0.3 is 0 Å². The Bertz CT molecular complexity index is 469. The fourth-order valence-corrected chi connectivity index (χ4v) is 2.87. The summed E-state index contributed by atoms with van der Waals surface area (Å²) in [5.41, 5.74) is 0. The Morgan fingerprint density at radius 2 is 1.80 bits per heavy atom. The molecule has 3 nitrogen and oxygen atoms in total. The molecule has 20 heavy (non-hydrogen) atoms. The van der Waals surface area contributed by atoms with Gasteiger partial charge in [-0.15, -0.1) is 11.6 Å². The molecule has 2 rings (SSSR count). The van der Waals surface area contributed by atoms with Crippen LogP contribution in [0.4, 0.5) is 0 Å². The van der Waals surface area contributed by atoms with Crippen molar-refractivity contribution in [3.8, 4) is 5.75 Å². The molecule has 1 aromatic rings. The van der Waals surface area contributed by atoms with Crippen LogP contribution >= 0.6 is 46.4 Å². The van der Waals surface area contributed by atoms with Gasteiger partial charge in [-0.25, -0.2) is 0 Å². The molecule has 0 aromatic heterocycles. The van der Waals surface area contributed by atoms with Gasteiger partial charge in [0.05, 0.1) is 33.7 Å². The van der Waals surface area contributed by atoms with E-state index >= 15 is 0 Å². The number of ether oxygens (including phenoxy) is 3. The fraction of sp³-hybridized carbons (Fsp3) is 0.538. The molecule has 0 radical (unpaired) electrons. The second-order valence-electron chi connectivity index (χ2n) is 4.43. The molecular formula is C13H14Cl4O3.